The molecule has 19 heavy (non-hydrogen) atoms. The minimum absolute atomic E-state index is 0.157. The molecule has 1 atom stereocenters. The first-order chi connectivity index (χ1) is 9.24. The molecule has 0 bridgehead atoms. The lowest BCUT2D eigenvalue weighted by Crippen LogP contribution is -1.97. The molecule has 0 heterocycles. The molecule has 0 aliphatic carbocycles. The molecule has 2 rings (SSSR count). The van der Waals surface area contributed by atoms with Gasteiger partial charge in [0.25, 0.3) is 0 Å². The number of unbranched alkanes of at least 4 members (excludes halogenated alkanes) is 2. The van der Waals surface area contributed by atoms with Crippen molar-refractivity contribution in [1.82, 2.24) is 0 Å². The monoisotopic (exact) mass is 258 g/mol. The van der Waals surface area contributed by atoms with E-state index in [1.54, 1.807) is 12.1 Å². The molecular weight excluding hydrogens is 235 g/mol. The van der Waals surface area contributed by atoms with Crippen LogP contribution in [0.25, 0.3) is 10.8 Å². The van der Waals surface area contributed by atoms with Gasteiger partial charge in [-0.3, -0.25) is 0 Å². The van der Waals surface area contributed by atoms with Gasteiger partial charge in [-0.2, -0.15) is 0 Å². The highest BCUT2D eigenvalue weighted by Gasteiger charge is 2.09. The van der Waals surface area contributed by atoms with E-state index in [0.29, 0.717) is 5.92 Å². The highest BCUT2D eigenvalue weighted by molar-refractivity contribution is 5.83. The van der Waals surface area contributed by atoms with Crippen molar-refractivity contribution in [3.8, 4) is 0 Å². The Kier molecular flexibility index (Phi) is 4.95. The zero-order valence-corrected chi connectivity index (χ0v) is 12.0. The molecule has 0 spiro atoms. The van der Waals surface area contributed by atoms with Crippen molar-refractivity contribution in [3.63, 3.8) is 0 Å². The van der Waals surface area contributed by atoms with Crippen LogP contribution < -0.4 is 0 Å². The highest BCUT2D eigenvalue weighted by Crippen LogP contribution is 2.28. The summed E-state index contributed by atoms with van der Waals surface area (Å²) in [6.07, 6.45) is 6.33. The molecule has 0 fully saturated rings. The molecule has 2 aromatic carbocycles. The van der Waals surface area contributed by atoms with Gasteiger partial charge < -0.3 is 0 Å². The molecule has 0 aliphatic rings. The molecule has 2 aromatic rings. The summed E-state index contributed by atoms with van der Waals surface area (Å²) in [5, 5.41) is 2.14. The van der Waals surface area contributed by atoms with Crippen molar-refractivity contribution in [3.05, 3.63) is 47.8 Å². The van der Waals surface area contributed by atoms with Gasteiger partial charge in [0, 0.05) is 0 Å². The average Bonchev–Trinajstić information content (AvgIpc) is 2.43. The Morgan fingerprint density at radius 3 is 2.42 bits per heavy atom. The molecule has 0 amide bonds. The van der Waals surface area contributed by atoms with Gasteiger partial charge in [0.2, 0.25) is 0 Å². The second-order valence-electron chi connectivity index (χ2n) is 5.35. The largest absolute Gasteiger partial charge is 0.207 e. The van der Waals surface area contributed by atoms with E-state index >= 15 is 0 Å². The summed E-state index contributed by atoms with van der Waals surface area (Å²) in [6, 6.07) is 11.5. The first kappa shape index (κ1) is 14.0. The van der Waals surface area contributed by atoms with Crippen molar-refractivity contribution >= 4 is 10.8 Å². The van der Waals surface area contributed by atoms with Crippen molar-refractivity contribution < 1.29 is 4.39 Å². The second-order valence-corrected chi connectivity index (χ2v) is 5.35. The lowest BCUT2D eigenvalue weighted by molar-refractivity contribution is 0.554. The Hall–Kier alpha value is -1.37. The third-order valence-corrected chi connectivity index (χ3v) is 3.95. The Morgan fingerprint density at radius 1 is 0.947 bits per heavy atom. The van der Waals surface area contributed by atoms with Gasteiger partial charge in [0.15, 0.2) is 0 Å². The van der Waals surface area contributed by atoms with Gasteiger partial charge in [0.05, 0.1) is 0 Å². The van der Waals surface area contributed by atoms with Gasteiger partial charge in [-0.15, -0.1) is 0 Å². The van der Waals surface area contributed by atoms with E-state index in [1.807, 2.05) is 6.07 Å². The summed E-state index contributed by atoms with van der Waals surface area (Å²) in [7, 11) is 0. The molecule has 0 saturated carbocycles. The predicted octanol–water partition coefficient (Wildman–Crippen LogP) is 6.05. The van der Waals surface area contributed by atoms with Crippen LogP contribution in [0.4, 0.5) is 4.39 Å². The second kappa shape index (κ2) is 6.70. The number of benzene rings is 2. The fraction of sp³-hybridized carbons (Fsp3) is 0.444. The molecule has 0 saturated heterocycles. The third kappa shape index (κ3) is 3.56. The van der Waals surface area contributed by atoms with E-state index in [4.69, 9.17) is 0 Å². The first-order valence-electron chi connectivity index (χ1n) is 7.43. The zero-order valence-electron chi connectivity index (χ0n) is 12.0. The Balaban J connectivity index is 2.20. The minimum Gasteiger partial charge on any atom is -0.207 e. The number of hydrogen-bond acceptors (Lipinski definition) is 0. The van der Waals surface area contributed by atoms with Crippen molar-refractivity contribution in [2.75, 3.05) is 0 Å². The summed E-state index contributed by atoms with van der Waals surface area (Å²) in [5.41, 5.74) is 1.40. The van der Waals surface area contributed by atoms with E-state index in [9.17, 15) is 4.39 Å². The average molecular weight is 258 g/mol. The van der Waals surface area contributed by atoms with Crippen LogP contribution in [0.15, 0.2) is 36.4 Å². The van der Waals surface area contributed by atoms with E-state index in [2.05, 4.69) is 32.0 Å². The molecule has 0 nitrogen and oxygen atoms in total. The Morgan fingerprint density at radius 2 is 1.68 bits per heavy atom. The molecule has 0 aliphatic heterocycles. The molecule has 1 heteroatoms. The minimum atomic E-state index is -0.157. The van der Waals surface area contributed by atoms with Gasteiger partial charge in [-0.25, -0.2) is 4.39 Å². The lowest BCUT2D eigenvalue weighted by Gasteiger charge is -2.16. The Labute approximate surface area is 115 Å². The van der Waals surface area contributed by atoms with Crippen molar-refractivity contribution in [2.24, 2.45) is 0 Å². The van der Waals surface area contributed by atoms with Gasteiger partial charge in [-0.1, -0.05) is 57.4 Å². The van der Waals surface area contributed by atoms with E-state index in [-0.39, 0.29) is 5.82 Å². The molecule has 0 radical (unpaired) electrons. The number of halogens is 1. The normalized spacial score (nSPS) is 12.8. The quantitative estimate of drug-likeness (QED) is 0.553. The van der Waals surface area contributed by atoms with Gasteiger partial charge in [-0.05, 0) is 47.2 Å². The fourth-order valence-corrected chi connectivity index (χ4v) is 2.74. The summed E-state index contributed by atoms with van der Waals surface area (Å²) >= 11 is 0. The maximum Gasteiger partial charge on any atom is 0.123 e. The third-order valence-electron chi connectivity index (χ3n) is 3.95. The molecule has 102 valence electrons. The van der Waals surface area contributed by atoms with Crippen LogP contribution in [0.1, 0.15) is 57.4 Å². The van der Waals surface area contributed by atoms with Crippen LogP contribution >= 0.6 is 0 Å². The van der Waals surface area contributed by atoms with Gasteiger partial charge >= 0.3 is 0 Å². The van der Waals surface area contributed by atoms with Crippen LogP contribution in [0.3, 0.4) is 0 Å². The van der Waals surface area contributed by atoms with E-state index < -0.39 is 0 Å². The Bertz CT molecular complexity index is 530. The summed E-state index contributed by atoms with van der Waals surface area (Å²) in [4.78, 5) is 0. The molecular formula is C18H23F. The SMILES string of the molecule is CCCCCC(CC)c1ccc2cc(F)ccc2c1. The maximum atomic E-state index is 13.2. The maximum absolute atomic E-state index is 13.2. The lowest BCUT2D eigenvalue weighted by atomic mass is 9.89. The van der Waals surface area contributed by atoms with Crippen LogP contribution in [-0.4, -0.2) is 0 Å². The number of rotatable bonds is 6. The van der Waals surface area contributed by atoms with Crippen LogP contribution in [0.5, 0.6) is 0 Å². The number of fused-ring (bicyclic) bond motifs is 1. The highest BCUT2D eigenvalue weighted by atomic mass is 19.1. The zero-order chi connectivity index (χ0) is 13.7. The standard InChI is InChI=1S/C18H23F/c1-3-5-6-7-14(4-2)15-8-9-17-13-18(19)11-10-16(17)12-15/h8-14H,3-7H2,1-2H3. The summed E-state index contributed by atoms with van der Waals surface area (Å²) < 4.78 is 13.2. The van der Waals surface area contributed by atoms with Gasteiger partial charge in [0.1, 0.15) is 5.82 Å². The summed E-state index contributed by atoms with van der Waals surface area (Å²) in [6.45, 7) is 4.50. The predicted molar refractivity (Wildman–Crippen MR) is 81.1 cm³/mol. The van der Waals surface area contributed by atoms with Crippen molar-refractivity contribution in [2.45, 2.75) is 51.9 Å². The molecule has 0 aromatic heterocycles. The van der Waals surface area contributed by atoms with Crippen LogP contribution in [-0.2, 0) is 0 Å². The smallest absolute Gasteiger partial charge is 0.123 e. The van der Waals surface area contributed by atoms with E-state index in [0.717, 1.165) is 10.8 Å². The van der Waals surface area contributed by atoms with E-state index in [1.165, 1.54) is 37.7 Å². The molecule has 0 N–H and O–H groups in total. The first-order valence-corrected chi connectivity index (χ1v) is 7.43. The molecule has 1 unspecified atom stereocenters. The van der Waals surface area contributed by atoms with Crippen LogP contribution in [0.2, 0.25) is 0 Å². The topological polar surface area (TPSA) is 0 Å². The van der Waals surface area contributed by atoms with Crippen LogP contribution in [0, 0.1) is 5.82 Å². The van der Waals surface area contributed by atoms with Crippen molar-refractivity contribution in [1.29, 1.82) is 0 Å². The summed E-state index contributed by atoms with van der Waals surface area (Å²) in [5.74, 6) is 0.483. The fourth-order valence-electron chi connectivity index (χ4n) is 2.74. The number of hydrogen-bond donors (Lipinski definition) is 0.